The fraction of sp³-hybridized carbons (Fsp3) is 0.833. The van der Waals surface area contributed by atoms with E-state index in [0.717, 1.165) is 18.6 Å². The lowest BCUT2D eigenvalue weighted by Gasteiger charge is -2.08. The third-order valence-electron chi connectivity index (χ3n) is 1.57. The van der Waals surface area contributed by atoms with Crippen molar-refractivity contribution in [2.24, 2.45) is 5.16 Å². The van der Waals surface area contributed by atoms with Crippen molar-refractivity contribution in [1.82, 2.24) is 0 Å². The van der Waals surface area contributed by atoms with E-state index in [0.29, 0.717) is 0 Å². The van der Waals surface area contributed by atoms with Crippen LogP contribution in [0.5, 0.6) is 0 Å². The molecule has 0 spiro atoms. The molecule has 0 radical (unpaired) electrons. The maximum atomic E-state index is 8.28. The van der Waals surface area contributed by atoms with Crippen molar-refractivity contribution in [2.75, 3.05) is 0 Å². The lowest BCUT2D eigenvalue weighted by Crippen LogP contribution is -2.03. The van der Waals surface area contributed by atoms with E-state index in [1.807, 2.05) is 0 Å². The van der Waals surface area contributed by atoms with E-state index >= 15 is 0 Å². The van der Waals surface area contributed by atoms with E-state index in [4.69, 9.17) is 5.21 Å². The highest BCUT2D eigenvalue weighted by Crippen LogP contribution is 2.13. The Bertz CT molecular complexity index is 90.7. The highest BCUT2D eigenvalue weighted by molar-refractivity contribution is 5.84. The van der Waals surface area contributed by atoms with Crippen molar-refractivity contribution in [1.29, 1.82) is 0 Å². The topological polar surface area (TPSA) is 32.6 Å². The molecule has 0 aromatic rings. The molecular formula is C6H11NO. The second-order valence-electron chi connectivity index (χ2n) is 2.23. The molecule has 2 nitrogen and oxygen atoms in total. The Kier molecular flexibility index (Phi) is 1.89. The summed E-state index contributed by atoms with van der Waals surface area (Å²) in [5.74, 6) is 0. The molecule has 1 saturated carbocycles. The van der Waals surface area contributed by atoms with Crippen LogP contribution in [0.3, 0.4) is 0 Å². The van der Waals surface area contributed by atoms with Crippen LogP contribution in [0, 0.1) is 0 Å². The van der Waals surface area contributed by atoms with Crippen LogP contribution < -0.4 is 0 Å². The molecular weight excluding hydrogens is 108 g/mol. The van der Waals surface area contributed by atoms with Crippen LogP contribution in [-0.4, -0.2) is 10.9 Å². The van der Waals surface area contributed by atoms with E-state index in [1.165, 1.54) is 19.3 Å². The van der Waals surface area contributed by atoms with E-state index in [9.17, 15) is 0 Å². The predicted octanol–water partition coefficient (Wildman–Crippen LogP) is 1.78. The Labute approximate surface area is 49.2 Å². The molecule has 0 heterocycles. The number of hydrogen-bond acceptors (Lipinski definition) is 2. The molecule has 0 atom stereocenters. The Balaban J connectivity index is 2.33. The zero-order valence-corrected chi connectivity index (χ0v) is 4.93. The van der Waals surface area contributed by atoms with Gasteiger partial charge >= 0.3 is 0 Å². The summed E-state index contributed by atoms with van der Waals surface area (Å²) in [6.45, 7) is 0. The molecule has 1 aliphatic carbocycles. The molecule has 46 valence electrons. The summed E-state index contributed by atoms with van der Waals surface area (Å²) >= 11 is 0. The first-order valence-electron chi connectivity index (χ1n) is 3.13. The van der Waals surface area contributed by atoms with E-state index < -0.39 is 0 Å². The molecule has 0 amide bonds. The van der Waals surface area contributed by atoms with Crippen molar-refractivity contribution in [3.63, 3.8) is 0 Å². The minimum absolute atomic E-state index is 0.983. The van der Waals surface area contributed by atoms with Crippen LogP contribution in [0.25, 0.3) is 0 Å². The maximum absolute atomic E-state index is 8.28. The molecule has 1 N–H and O–H groups in total. The quantitative estimate of drug-likeness (QED) is 0.294. The van der Waals surface area contributed by atoms with Gasteiger partial charge in [-0.05, 0) is 25.7 Å². The van der Waals surface area contributed by atoms with Gasteiger partial charge in [0, 0.05) is 0 Å². The van der Waals surface area contributed by atoms with Gasteiger partial charge < -0.3 is 5.21 Å². The summed E-state index contributed by atoms with van der Waals surface area (Å²) in [6.07, 6.45) is 5.74. The molecule has 2 heteroatoms. The predicted molar refractivity (Wildman–Crippen MR) is 32.3 cm³/mol. The summed E-state index contributed by atoms with van der Waals surface area (Å²) in [5, 5.41) is 11.4. The van der Waals surface area contributed by atoms with Gasteiger partial charge in [0.1, 0.15) is 0 Å². The lowest BCUT2D eigenvalue weighted by atomic mass is 11.0. The van der Waals surface area contributed by atoms with Crippen molar-refractivity contribution in [2.45, 2.75) is 32.1 Å². The normalized spacial score (nSPS) is 20.8. The summed E-state index contributed by atoms with van der Waals surface area (Å²) < 4.78 is 0. The Morgan fingerprint density at radius 1 is 1.12 bits per heavy atom. The fourth-order valence-corrected chi connectivity index (χ4v) is 1.06. The molecule has 1 fully saturated rings. The second kappa shape index (κ2) is 2.70. The highest BCUT2D eigenvalue weighted by atomic mass is 16.4. The smallest absolute Gasteiger partial charge is 0.0570 e. The summed E-state index contributed by atoms with van der Waals surface area (Å²) in [6, 6.07) is 0. The van der Waals surface area contributed by atoms with Gasteiger partial charge in [0.15, 0.2) is 0 Å². The van der Waals surface area contributed by atoms with Gasteiger partial charge in [-0.2, -0.15) is 0 Å². The lowest BCUT2D eigenvalue weighted by molar-refractivity contribution is 0.314. The fourth-order valence-electron chi connectivity index (χ4n) is 1.06. The maximum Gasteiger partial charge on any atom is 0.0570 e. The standard InChI is InChI=1S/C6H11NO/c8-7-6-4-2-1-3-5-6/h8H,1-5H2/i1+1,2+1,3+1,4+1,5+1,6+1. The molecule has 0 bridgehead atoms. The van der Waals surface area contributed by atoms with Gasteiger partial charge in [-0.3, -0.25) is 0 Å². The van der Waals surface area contributed by atoms with Gasteiger partial charge in [0.2, 0.25) is 0 Å². The molecule has 0 unspecified atom stereocenters. The third kappa shape index (κ3) is 1.22. The summed E-state index contributed by atoms with van der Waals surface area (Å²) in [4.78, 5) is 0. The van der Waals surface area contributed by atoms with Crippen LogP contribution in [0.2, 0.25) is 0 Å². The van der Waals surface area contributed by atoms with Gasteiger partial charge in [-0.25, -0.2) is 0 Å². The summed E-state index contributed by atoms with van der Waals surface area (Å²) in [7, 11) is 0. The molecule has 1 rings (SSSR count). The molecule has 0 aliphatic heterocycles. The Hall–Kier alpha value is -0.530. The largest absolute Gasteiger partial charge is 0.411 e. The monoisotopic (exact) mass is 119 g/mol. The molecule has 8 heavy (non-hydrogen) atoms. The van der Waals surface area contributed by atoms with Crippen molar-refractivity contribution in [3.8, 4) is 0 Å². The number of nitrogens with zero attached hydrogens (tertiary/aromatic N) is 1. The minimum Gasteiger partial charge on any atom is -0.411 e. The Morgan fingerprint density at radius 3 is 2.12 bits per heavy atom. The first-order chi connectivity index (χ1) is 3.93. The SMILES string of the molecule is ON=[13C]1[13CH2][13CH2][13CH2][13CH2][13CH2]1. The first-order valence-corrected chi connectivity index (χ1v) is 3.13. The average molecular weight is 119 g/mol. The van der Waals surface area contributed by atoms with Crippen molar-refractivity contribution in [3.05, 3.63) is 0 Å². The van der Waals surface area contributed by atoms with E-state index in [-0.39, 0.29) is 0 Å². The second-order valence-corrected chi connectivity index (χ2v) is 2.23. The zero-order valence-electron chi connectivity index (χ0n) is 4.93. The van der Waals surface area contributed by atoms with Crippen molar-refractivity contribution < 1.29 is 5.21 Å². The number of hydrogen-bond donors (Lipinski definition) is 1. The number of rotatable bonds is 0. The van der Waals surface area contributed by atoms with Gasteiger partial charge in [0.05, 0.1) is 5.71 Å². The van der Waals surface area contributed by atoms with Crippen LogP contribution >= 0.6 is 0 Å². The van der Waals surface area contributed by atoms with Crippen molar-refractivity contribution >= 4 is 5.71 Å². The first kappa shape index (κ1) is 5.60. The van der Waals surface area contributed by atoms with Crippen LogP contribution in [0.4, 0.5) is 0 Å². The highest BCUT2D eigenvalue weighted by Gasteiger charge is 2.05. The van der Waals surface area contributed by atoms with Crippen LogP contribution in [0.15, 0.2) is 5.16 Å². The minimum atomic E-state index is 0.983. The van der Waals surface area contributed by atoms with Gasteiger partial charge in [-0.1, -0.05) is 11.6 Å². The zero-order chi connectivity index (χ0) is 5.82. The molecule has 1 aliphatic rings. The number of oxime groups is 1. The molecule has 0 aromatic heterocycles. The van der Waals surface area contributed by atoms with E-state index in [2.05, 4.69) is 5.16 Å². The van der Waals surface area contributed by atoms with Gasteiger partial charge in [0.25, 0.3) is 0 Å². The molecule has 0 aromatic carbocycles. The van der Waals surface area contributed by atoms with Gasteiger partial charge in [-0.15, -0.1) is 0 Å². The molecule has 0 saturated heterocycles. The summed E-state index contributed by atoms with van der Waals surface area (Å²) in [5.41, 5.74) is 0.983. The van der Waals surface area contributed by atoms with E-state index in [1.54, 1.807) is 0 Å². The van der Waals surface area contributed by atoms with Crippen LogP contribution in [-0.2, 0) is 0 Å². The Morgan fingerprint density at radius 2 is 1.75 bits per heavy atom. The van der Waals surface area contributed by atoms with Crippen LogP contribution in [0.1, 0.15) is 32.1 Å². The third-order valence-corrected chi connectivity index (χ3v) is 1.57. The average Bonchev–Trinajstić information content (AvgIpc) is 1.90.